The summed E-state index contributed by atoms with van der Waals surface area (Å²) in [6.07, 6.45) is -3.10. The molecular formula is C24H24O6. The number of rotatable bonds is 4. The van der Waals surface area contributed by atoms with Crippen LogP contribution in [-0.2, 0) is 23.7 Å². The molecule has 2 saturated heterocycles. The maximum absolute atomic E-state index is 12.7. The van der Waals surface area contributed by atoms with Crippen LogP contribution in [0, 0.1) is 11.8 Å². The Morgan fingerprint density at radius 3 is 2.30 bits per heavy atom. The van der Waals surface area contributed by atoms with Crippen LogP contribution in [0.25, 0.3) is 0 Å². The van der Waals surface area contributed by atoms with E-state index in [1.165, 1.54) is 0 Å². The van der Waals surface area contributed by atoms with Crippen LogP contribution in [-0.4, -0.2) is 49.6 Å². The lowest BCUT2D eigenvalue weighted by Gasteiger charge is -2.26. The van der Waals surface area contributed by atoms with E-state index >= 15 is 0 Å². The molecule has 2 aromatic rings. The molecule has 2 heterocycles. The molecule has 0 aromatic heterocycles. The fourth-order valence-corrected chi connectivity index (χ4v) is 3.64. The van der Waals surface area contributed by atoms with Gasteiger partial charge in [-0.05, 0) is 38.1 Å². The summed E-state index contributed by atoms with van der Waals surface area (Å²) < 4.78 is 29.2. The smallest absolute Gasteiger partial charge is 0.339 e. The number of fused-ring (bicyclic) bond motifs is 1. The topological polar surface area (TPSA) is 63.2 Å². The number of carbonyl (C=O) groups is 1. The van der Waals surface area contributed by atoms with Gasteiger partial charge in [0.2, 0.25) is 0 Å². The maximum Gasteiger partial charge on any atom is 0.339 e. The van der Waals surface area contributed by atoms with Crippen molar-refractivity contribution in [3.63, 3.8) is 0 Å². The highest BCUT2D eigenvalue weighted by molar-refractivity contribution is 5.89. The molecular weight excluding hydrogens is 384 g/mol. The van der Waals surface area contributed by atoms with Crippen LogP contribution < -0.4 is 0 Å². The third-order valence-corrected chi connectivity index (χ3v) is 4.95. The molecule has 0 N–H and O–H groups in total. The average molecular weight is 408 g/mol. The highest BCUT2D eigenvalue weighted by Gasteiger charge is 2.58. The molecule has 156 valence electrons. The summed E-state index contributed by atoms with van der Waals surface area (Å²) in [6.45, 7) is 3.66. The summed E-state index contributed by atoms with van der Waals surface area (Å²) in [4.78, 5) is 12.7. The molecule has 5 atom stereocenters. The van der Waals surface area contributed by atoms with Crippen molar-refractivity contribution in [1.82, 2.24) is 0 Å². The SMILES string of the molecule is CO[C@@H]1O[C@H]([C@@H](C#Cc2ccccc2)OC(=O)c2ccccc2)[C@H]2OC(C)(C)O[C@@H]12. The highest BCUT2D eigenvalue weighted by atomic mass is 16.8. The first-order chi connectivity index (χ1) is 14.5. The minimum absolute atomic E-state index is 0.436. The molecule has 0 bridgehead atoms. The van der Waals surface area contributed by atoms with Crippen LogP contribution in [0.4, 0.5) is 0 Å². The lowest BCUT2D eigenvalue weighted by molar-refractivity contribution is -0.233. The molecule has 0 unspecified atom stereocenters. The molecule has 0 saturated carbocycles. The first-order valence-electron chi connectivity index (χ1n) is 9.83. The molecule has 2 aliphatic rings. The first kappa shape index (κ1) is 20.6. The number of carbonyl (C=O) groups excluding carboxylic acids is 1. The standard InChI is InChI=1S/C24H24O6/c1-24(2)29-20-19(28-23(26-3)21(20)30-24)18(15-14-16-10-6-4-7-11-16)27-22(25)17-12-8-5-9-13-17/h4-13,18-21,23H,1-3H3/t18-,19-,20-,21-,23-/m1/s1. The fourth-order valence-electron chi connectivity index (χ4n) is 3.64. The molecule has 0 spiro atoms. The fraction of sp³-hybridized carbons (Fsp3) is 0.375. The number of esters is 1. The zero-order valence-electron chi connectivity index (χ0n) is 17.1. The Morgan fingerprint density at radius 1 is 1.00 bits per heavy atom. The summed E-state index contributed by atoms with van der Waals surface area (Å²) in [5.41, 5.74) is 1.24. The lowest BCUT2D eigenvalue weighted by atomic mass is 10.1. The van der Waals surface area contributed by atoms with Crippen molar-refractivity contribution in [1.29, 1.82) is 0 Å². The molecule has 6 nitrogen and oxygen atoms in total. The second-order valence-corrected chi connectivity index (χ2v) is 7.60. The van der Waals surface area contributed by atoms with Crippen LogP contribution >= 0.6 is 0 Å². The van der Waals surface area contributed by atoms with E-state index in [4.69, 9.17) is 23.7 Å². The van der Waals surface area contributed by atoms with Gasteiger partial charge >= 0.3 is 5.97 Å². The van der Waals surface area contributed by atoms with Gasteiger partial charge in [-0.15, -0.1) is 0 Å². The minimum atomic E-state index is -0.872. The largest absolute Gasteiger partial charge is 0.443 e. The van der Waals surface area contributed by atoms with E-state index < -0.39 is 42.5 Å². The van der Waals surface area contributed by atoms with E-state index in [0.717, 1.165) is 5.56 Å². The normalized spacial score (nSPS) is 27.6. The van der Waals surface area contributed by atoms with Crippen molar-refractivity contribution < 1.29 is 28.5 Å². The molecule has 2 aromatic carbocycles. The molecule has 4 rings (SSSR count). The summed E-state index contributed by atoms with van der Waals surface area (Å²) in [5.74, 6) is 4.84. The van der Waals surface area contributed by atoms with Gasteiger partial charge < -0.3 is 23.7 Å². The summed E-state index contributed by atoms with van der Waals surface area (Å²) in [7, 11) is 1.54. The predicted octanol–water partition coefficient (Wildman–Crippen LogP) is 3.16. The van der Waals surface area contributed by atoms with Gasteiger partial charge in [0, 0.05) is 12.7 Å². The molecule has 6 heteroatoms. The summed E-state index contributed by atoms with van der Waals surface area (Å²) >= 11 is 0. The van der Waals surface area contributed by atoms with Gasteiger partial charge in [0.25, 0.3) is 0 Å². The molecule has 0 radical (unpaired) electrons. The Balaban J connectivity index is 1.63. The maximum atomic E-state index is 12.7. The number of methoxy groups -OCH3 is 1. The van der Waals surface area contributed by atoms with E-state index in [2.05, 4.69) is 11.8 Å². The van der Waals surface area contributed by atoms with Crippen molar-refractivity contribution >= 4 is 5.97 Å². The van der Waals surface area contributed by atoms with Crippen LogP contribution in [0.1, 0.15) is 29.8 Å². The van der Waals surface area contributed by atoms with Gasteiger partial charge in [-0.3, -0.25) is 0 Å². The van der Waals surface area contributed by atoms with E-state index in [9.17, 15) is 4.79 Å². The van der Waals surface area contributed by atoms with Gasteiger partial charge in [0.15, 0.2) is 18.2 Å². The number of ether oxygens (including phenoxy) is 5. The van der Waals surface area contributed by atoms with E-state index in [1.807, 2.05) is 50.2 Å². The van der Waals surface area contributed by atoms with Crippen molar-refractivity contribution in [2.45, 2.75) is 50.3 Å². The Labute approximate surface area is 176 Å². The Morgan fingerprint density at radius 2 is 1.63 bits per heavy atom. The van der Waals surface area contributed by atoms with Gasteiger partial charge in [0.05, 0.1) is 5.56 Å². The zero-order chi connectivity index (χ0) is 21.1. The van der Waals surface area contributed by atoms with E-state index in [0.29, 0.717) is 5.56 Å². The van der Waals surface area contributed by atoms with E-state index in [1.54, 1.807) is 31.4 Å². The lowest BCUT2D eigenvalue weighted by Crippen LogP contribution is -2.40. The van der Waals surface area contributed by atoms with Gasteiger partial charge in [-0.25, -0.2) is 4.79 Å². The monoisotopic (exact) mass is 408 g/mol. The van der Waals surface area contributed by atoms with Crippen molar-refractivity contribution in [2.24, 2.45) is 0 Å². The zero-order valence-corrected chi connectivity index (χ0v) is 17.1. The predicted molar refractivity (Wildman–Crippen MR) is 108 cm³/mol. The quantitative estimate of drug-likeness (QED) is 0.572. The summed E-state index contributed by atoms with van der Waals surface area (Å²) in [6, 6.07) is 18.3. The van der Waals surface area contributed by atoms with Crippen LogP contribution in [0.5, 0.6) is 0 Å². The van der Waals surface area contributed by atoms with Gasteiger partial charge in [-0.2, -0.15) is 0 Å². The first-order valence-corrected chi connectivity index (χ1v) is 9.83. The second-order valence-electron chi connectivity index (χ2n) is 7.60. The van der Waals surface area contributed by atoms with Crippen molar-refractivity contribution in [2.75, 3.05) is 7.11 Å². The van der Waals surface area contributed by atoms with Crippen LogP contribution in [0.2, 0.25) is 0 Å². The third-order valence-electron chi connectivity index (χ3n) is 4.95. The third kappa shape index (κ3) is 4.40. The van der Waals surface area contributed by atoms with Crippen LogP contribution in [0.15, 0.2) is 60.7 Å². The van der Waals surface area contributed by atoms with E-state index in [-0.39, 0.29) is 0 Å². The molecule has 30 heavy (non-hydrogen) atoms. The number of benzene rings is 2. The Bertz CT molecular complexity index is 930. The molecule has 0 aliphatic carbocycles. The molecule has 0 amide bonds. The Kier molecular flexibility index (Phi) is 5.89. The second kappa shape index (κ2) is 8.58. The van der Waals surface area contributed by atoms with Crippen molar-refractivity contribution in [3.8, 4) is 11.8 Å². The average Bonchev–Trinajstić information content (AvgIpc) is 3.25. The highest BCUT2D eigenvalue weighted by Crippen LogP contribution is 2.40. The minimum Gasteiger partial charge on any atom is -0.443 e. The van der Waals surface area contributed by atoms with Gasteiger partial charge in [-0.1, -0.05) is 48.2 Å². The van der Waals surface area contributed by atoms with Crippen molar-refractivity contribution in [3.05, 3.63) is 71.8 Å². The van der Waals surface area contributed by atoms with Gasteiger partial charge in [0.1, 0.15) is 18.3 Å². The number of hydrogen-bond donors (Lipinski definition) is 0. The molecule has 2 fully saturated rings. The Hall–Kier alpha value is -2.69. The van der Waals surface area contributed by atoms with Crippen LogP contribution in [0.3, 0.4) is 0 Å². The summed E-state index contributed by atoms with van der Waals surface area (Å²) in [5, 5.41) is 0. The number of hydrogen-bond acceptors (Lipinski definition) is 6. The molecule has 2 aliphatic heterocycles.